The summed E-state index contributed by atoms with van der Waals surface area (Å²) in [5.74, 6) is 0.932. The van der Waals surface area contributed by atoms with Crippen LogP contribution < -0.4 is 4.74 Å². The lowest BCUT2D eigenvalue weighted by molar-refractivity contribution is 0.403. The smallest absolute Gasteiger partial charge is 0.261 e. The highest BCUT2D eigenvalue weighted by molar-refractivity contribution is 7.85. The second-order valence-corrected chi connectivity index (χ2v) is 10.6. The molecule has 4 rings (SSSR count). The first-order valence-electron chi connectivity index (χ1n) is 10.3. The van der Waals surface area contributed by atoms with E-state index in [9.17, 15) is 13.7 Å². The number of nitriles is 1. The number of aromatic nitrogens is 5. The molecule has 0 aliphatic heterocycles. The summed E-state index contributed by atoms with van der Waals surface area (Å²) in [6.45, 7) is 6.09. The van der Waals surface area contributed by atoms with Gasteiger partial charge in [0, 0.05) is 23.0 Å². The molecule has 0 saturated heterocycles. The fraction of sp³-hybridized carbons (Fsp3) is 0.304. The quantitative estimate of drug-likeness (QED) is 0.382. The van der Waals surface area contributed by atoms with Gasteiger partial charge in [0.15, 0.2) is 5.82 Å². The number of nitrogens with one attached hydrogen (secondary N) is 1. The Hall–Kier alpha value is -3.46. The maximum absolute atomic E-state index is 9.84. The van der Waals surface area contributed by atoms with Crippen LogP contribution in [0.4, 0.5) is 0 Å². The van der Waals surface area contributed by atoms with Crippen LogP contribution in [0, 0.1) is 11.3 Å². The van der Waals surface area contributed by atoms with E-state index in [1.54, 1.807) is 11.8 Å². The average molecular weight is 517 g/mol. The highest BCUT2D eigenvalue weighted by Gasteiger charge is 2.28. The van der Waals surface area contributed by atoms with Gasteiger partial charge in [-0.05, 0) is 12.1 Å². The number of ether oxygens (including phenoxy) is 1. The minimum absolute atomic E-state index is 0.274. The second-order valence-electron chi connectivity index (χ2n) is 8.77. The molecule has 10 nitrogen and oxygen atoms in total. The number of pyridine rings is 1. The summed E-state index contributed by atoms with van der Waals surface area (Å²) in [7, 11) is -0.301. The van der Waals surface area contributed by atoms with Gasteiger partial charge in [0.2, 0.25) is 5.88 Å². The van der Waals surface area contributed by atoms with E-state index in [1.165, 1.54) is 0 Å². The SMILES string of the molecule is COc1nc(-c2ccccc2Cl)cc2nc(-c3c(C#N)c(C(C)(C)C)nn3C)[nH]c12.CS(=O)(=O)O. The van der Waals surface area contributed by atoms with Crippen molar-refractivity contribution >= 4 is 32.8 Å². The third-order valence-electron chi connectivity index (χ3n) is 4.88. The van der Waals surface area contributed by atoms with E-state index >= 15 is 0 Å². The zero-order valence-corrected chi connectivity index (χ0v) is 21.7. The molecule has 0 spiro atoms. The number of fused-ring (bicyclic) bond motifs is 1. The number of rotatable bonds is 3. The molecule has 1 aromatic carbocycles. The summed E-state index contributed by atoms with van der Waals surface area (Å²) in [4.78, 5) is 12.6. The Labute approximate surface area is 208 Å². The average Bonchev–Trinajstić information content (AvgIpc) is 3.32. The molecule has 0 aliphatic carbocycles. The molecule has 3 heterocycles. The number of hydrogen-bond donors (Lipinski definition) is 2. The summed E-state index contributed by atoms with van der Waals surface area (Å²) in [5.41, 5.74) is 4.33. The van der Waals surface area contributed by atoms with E-state index in [2.05, 4.69) is 21.1 Å². The van der Waals surface area contributed by atoms with Crippen molar-refractivity contribution in [2.24, 2.45) is 7.05 Å². The van der Waals surface area contributed by atoms with E-state index in [4.69, 9.17) is 25.9 Å². The Kier molecular flexibility index (Phi) is 7.21. The molecule has 0 radical (unpaired) electrons. The molecule has 0 unspecified atom stereocenters. The van der Waals surface area contributed by atoms with E-state index in [0.29, 0.717) is 51.0 Å². The van der Waals surface area contributed by atoms with Gasteiger partial charge in [-0.2, -0.15) is 18.8 Å². The predicted molar refractivity (Wildman–Crippen MR) is 134 cm³/mol. The van der Waals surface area contributed by atoms with Crippen LogP contribution in [0.25, 0.3) is 33.8 Å². The number of nitrogens with zero attached hydrogens (tertiary/aromatic N) is 5. The van der Waals surface area contributed by atoms with Gasteiger partial charge in [-0.15, -0.1) is 0 Å². The van der Waals surface area contributed by atoms with Crippen molar-refractivity contribution in [1.82, 2.24) is 24.7 Å². The number of aryl methyl sites for hydroxylation is 1. The predicted octanol–water partition coefficient (Wildman–Crippen LogP) is 4.36. The van der Waals surface area contributed by atoms with Gasteiger partial charge in [-0.3, -0.25) is 9.23 Å². The Morgan fingerprint density at radius 1 is 1.23 bits per heavy atom. The maximum atomic E-state index is 9.84. The molecule has 12 heteroatoms. The Bertz CT molecular complexity index is 1540. The summed E-state index contributed by atoms with van der Waals surface area (Å²) >= 11 is 6.36. The van der Waals surface area contributed by atoms with Crippen LogP contribution in [-0.2, 0) is 22.6 Å². The molecule has 184 valence electrons. The Balaban J connectivity index is 0.000000623. The minimum atomic E-state index is -3.67. The number of aromatic amines is 1. The van der Waals surface area contributed by atoms with Crippen LogP contribution >= 0.6 is 11.6 Å². The topological polar surface area (TPSA) is 147 Å². The summed E-state index contributed by atoms with van der Waals surface area (Å²) < 4.78 is 33.1. The molecule has 0 fully saturated rings. The third-order valence-corrected chi connectivity index (χ3v) is 5.21. The molecule has 0 saturated carbocycles. The maximum Gasteiger partial charge on any atom is 0.261 e. The van der Waals surface area contributed by atoms with Gasteiger partial charge in [-0.25, -0.2) is 9.97 Å². The molecule has 0 amide bonds. The van der Waals surface area contributed by atoms with Crippen LogP contribution in [-0.4, -0.2) is 51.1 Å². The van der Waals surface area contributed by atoms with E-state index in [1.807, 2.05) is 58.2 Å². The molecule has 35 heavy (non-hydrogen) atoms. The second kappa shape index (κ2) is 9.65. The normalized spacial score (nSPS) is 11.6. The van der Waals surface area contributed by atoms with Crippen molar-refractivity contribution in [3.05, 3.63) is 46.6 Å². The van der Waals surface area contributed by atoms with E-state index in [0.717, 1.165) is 11.3 Å². The van der Waals surface area contributed by atoms with Gasteiger partial charge < -0.3 is 9.72 Å². The minimum Gasteiger partial charge on any atom is -0.479 e. The van der Waals surface area contributed by atoms with Gasteiger partial charge in [0.1, 0.15) is 22.8 Å². The first-order chi connectivity index (χ1) is 16.2. The third kappa shape index (κ3) is 5.79. The van der Waals surface area contributed by atoms with Crippen LogP contribution in [0.15, 0.2) is 30.3 Å². The Morgan fingerprint density at radius 2 is 1.86 bits per heavy atom. The van der Waals surface area contributed by atoms with Crippen LogP contribution in [0.1, 0.15) is 32.0 Å². The van der Waals surface area contributed by atoms with Crippen molar-refractivity contribution in [3.8, 4) is 34.7 Å². The zero-order chi connectivity index (χ0) is 26.1. The fourth-order valence-corrected chi connectivity index (χ4v) is 3.71. The molecule has 0 bridgehead atoms. The van der Waals surface area contributed by atoms with Crippen molar-refractivity contribution in [1.29, 1.82) is 5.26 Å². The van der Waals surface area contributed by atoms with Crippen molar-refractivity contribution in [3.63, 3.8) is 0 Å². The summed E-state index contributed by atoms with van der Waals surface area (Å²) in [6, 6.07) is 11.6. The number of H-pyrrole nitrogens is 1. The molecule has 4 aromatic rings. The molecule has 3 aromatic heterocycles. The standard InChI is InChI=1S/C22H21ClN6O.CH4O3S/c1-22(2,3)19-13(11-24)18(29(4)28-19)20-25-16-10-15(12-8-6-7-9-14(12)23)26-21(30-5)17(16)27-20;1-5(2,3)4/h6-10H,1-5H3,(H,25,27);1H3,(H,2,3,4). The number of methoxy groups -OCH3 is 1. The van der Waals surface area contributed by atoms with Crippen molar-refractivity contribution < 1.29 is 17.7 Å². The number of imidazole rings is 1. The number of hydrogen-bond acceptors (Lipinski definition) is 7. The first kappa shape index (κ1) is 26.2. The molecule has 0 aliphatic rings. The first-order valence-corrected chi connectivity index (χ1v) is 12.6. The van der Waals surface area contributed by atoms with Gasteiger partial charge in [0.05, 0.1) is 30.3 Å². The lowest BCUT2D eigenvalue weighted by Gasteiger charge is -2.15. The van der Waals surface area contributed by atoms with Gasteiger partial charge >= 0.3 is 0 Å². The number of benzene rings is 1. The lowest BCUT2D eigenvalue weighted by atomic mass is 9.89. The van der Waals surface area contributed by atoms with E-state index in [-0.39, 0.29) is 5.41 Å². The van der Waals surface area contributed by atoms with E-state index < -0.39 is 10.1 Å². The monoisotopic (exact) mass is 516 g/mol. The van der Waals surface area contributed by atoms with Crippen LogP contribution in [0.2, 0.25) is 5.02 Å². The molecule has 2 N–H and O–H groups in total. The Morgan fingerprint density at radius 3 is 2.40 bits per heavy atom. The highest BCUT2D eigenvalue weighted by atomic mass is 35.5. The van der Waals surface area contributed by atoms with Crippen LogP contribution in [0.5, 0.6) is 5.88 Å². The zero-order valence-electron chi connectivity index (χ0n) is 20.1. The van der Waals surface area contributed by atoms with Gasteiger partial charge in [-0.1, -0.05) is 50.6 Å². The summed E-state index contributed by atoms with van der Waals surface area (Å²) in [5, 5.41) is 15.0. The van der Waals surface area contributed by atoms with Crippen LogP contribution in [0.3, 0.4) is 0 Å². The highest BCUT2D eigenvalue weighted by Crippen LogP contribution is 2.35. The largest absolute Gasteiger partial charge is 0.479 e. The lowest BCUT2D eigenvalue weighted by Crippen LogP contribution is -2.14. The molecular formula is C23H25ClN6O4S. The fourth-order valence-electron chi connectivity index (χ4n) is 3.47. The van der Waals surface area contributed by atoms with Crippen molar-refractivity contribution in [2.45, 2.75) is 26.2 Å². The van der Waals surface area contributed by atoms with Gasteiger partial charge in [0.25, 0.3) is 10.1 Å². The molecule has 0 atom stereocenters. The number of halogens is 1. The van der Waals surface area contributed by atoms with Crippen molar-refractivity contribution in [2.75, 3.05) is 13.4 Å². The molecular weight excluding hydrogens is 492 g/mol. The summed E-state index contributed by atoms with van der Waals surface area (Å²) in [6.07, 6.45) is 0.715.